The second-order valence-corrected chi connectivity index (χ2v) is 7.75. The number of benzene rings is 2. The fourth-order valence-corrected chi connectivity index (χ4v) is 3.13. The van der Waals surface area contributed by atoms with Crippen LogP contribution in [0.2, 0.25) is 0 Å². The number of unbranched alkanes of at least 4 members (excludes halogenated alkanes) is 5. The van der Waals surface area contributed by atoms with E-state index in [-0.39, 0.29) is 11.8 Å². The normalized spacial score (nSPS) is 11.0. The molecule has 0 aliphatic heterocycles. The van der Waals surface area contributed by atoms with Gasteiger partial charge in [0.2, 0.25) is 11.8 Å². The summed E-state index contributed by atoms with van der Waals surface area (Å²) in [7, 11) is 3.23. The van der Waals surface area contributed by atoms with Crippen LogP contribution < -0.4 is 20.3 Å². The van der Waals surface area contributed by atoms with Gasteiger partial charge in [-0.15, -0.1) is 0 Å². The molecule has 0 saturated heterocycles. The van der Waals surface area contributed by atoms with Gasteiger partial charge >= 0.3 is 0 Å². The van der Waals surface area contributed by atoms with E-state index in [0.29, 0.717) is 12.8 Å². The first-order valence-electron chi connectivity index (χ1n) is 11.5. The Morgan fingerprint density at radius 1 is 0.647 bits per heavy atom. The molecule has 0 spiro atoms. The molecule has 8 nitrogen and oxygen atoms in total. The second kappa shape index (κ2) is 16.0. The van der Waals surface area contributed by atoms with Crippen LogP contribution in [0.25, 0.3) is 0 Å². The Morgan fingerprint density at radius 3 is 1.35 bits per heavy atom. The Kier molecular flexibility index (Phi) is 12.5. The Labute approximate surface area is 201 Å². The lowest BCUT2D eigenvalue weighted by atomic mass is 10.1. The third kappa shape index (κ3) is 11.3. The van der Waals surface area contributed by atoms with Crippen molar-refractivity contribution in [1.82, 2.24) is 10.9 Å². The van der Waals surface area contributed by atoms with Gasteiger partial charge in [0, 0.05) is 12.8 Å². The molecular weight excluding hydrogens is 432 g/mol. The molecule has 2 N–H and O–H groups in total. The van der Waals surface area contributed by atoms with Gasteiger partial charge in [-0.2, -0.15) is 10.2 Å². The van der Waals surface area contributed by atoms with Crippen LogP contribution in [0.15, 0.2) is 58.7 Å². The summed E-state index contributed by atoms with van der Waals surface area (Å²) in [5, 5.41) is 7.96. The largest absolute Gasteiger partial charge is 0.497 e. The van der Waals surface area contributed by atoms with Crippen molar-refractivity contribution in [3.05, 3.63) is 59.7 Å². The summed E-state index contributed by atoms with van der Waals surface area (Å²) in [5.41, 5.74) is 6.88. The van der Waals surface area contributed by atoms with Gasteiger partial charge in [-0.05, 0) is 72.5 Å². The van der Waals surface area contributed by atoms with Crippen molar-refractivity contribution in [2.75, 3.05) is 14.2 Å². The van der Waals surface area contributed by atoms with Gasteiger partial charge in [-0.25, -0.2) is 10.9 Å². The minimum atomic E-state index is -0.0865. The number of hydrogen-bond acceptors (Lipinski definition) is 6. The van der Waals surface area contributed by atoms with Crippen LogP contribution in [0.5, 0.6) is 11.5 Å². The van der Waals surface area contributed by atoms with E-state index in [0.717, 1.165) is 61.2 Å². The Hall–Kier alpha value is -3.68. The molecule has 34 heavy (non-hydrogen) atoms. The number of ether oxygens (including phenoxy) is 2. The first kappa shape index (κ1) is 26.6. The lowest BCUT2D eigenvalue weighted by Gasteiger charge is -2.03. The van der Waals surface area contributed by atoms with Gasteiger partial charge in [0.1, 0.15) is 11.5 Å². The van der Waals surface area contributed by atoms with Crippen molar-refractivity contribution in [3.8, 4) is 11.5 Å². The van der Waals surface area contributed by atoms with Crippen molar-refractivity contribution in [2.45, 2.75) is 51.4 Å². The van der Waals surface area contributed by atoms with Gasteiger partial charge in [0.15, 0.2) is 0 Å². The average Bonchev–Trinajstić information content (AvgIpc) is 2.86. The molecule has 0 aromatic heterocycles. The zero-order chi connectivity index (χ0) is 24.4. The molecule has 182 valence electrons. The molecule has 0 fully saturated rings. The van der Waals surface area contributed by atoms with Crippen molar-refractivity contribution in [1.29, 1.82) is 0 Å². The highest BCUT2D eigenvalue weighted by atomic mass is 16.5. The first-order valence-corrected chi connectivity index (χ1v) is 11.5. The first-order chi connectivity index (χ1) is 16.6. The molecule has 0 atom stereocenters. The molecule has 0 aliphatic carbocycles. The molecule has 0 unspecified atom stereocenters. The fourth-order valence-electron chi connectivity index (χ4n) is 3.13. The number of nitrogens with zero attached hydrogens (tertiary/aromatic N) is 2. The fraction of sp³-hybridized carbons (Fsp3) is 0.385. The van der Waals surface area contributed by atoms with Gasteiger partial charge in [0.25, 0.3) is 0 Å². The van der Waals surface area contributed by atoms with Crippen molar-refractivity contribution in [2.24, 2.45) is 10.2 Å². The summed E-state index contributed by atoms with van der Waals surface area (Å²) in [4.78, 5) is 23.7. The van der Waals surface area contributed by atoms with Crippen molar-refractivity contribution >= 4 is 24.2 Å². The van der Waals surface area contributed by atoms with E-state index in [9.17, 15) is 9.59 Å². The highest BCUT2D eigenvalue weighted by molar-refractivity contribution is 5.83. The van der Waals surface area contributed by atoms with E-state index < -0.39 is 0 Å². The molecule has 0 heterocycles. The Morgan fingerprint density at radius 2 is 1.00 bits per heavy atom. The average molecular weight is 467 g/mol. The van der Waals surface area contributed by atoms with E-state index in [4.69, 9.17) is 9.47 Å². The molecule has 2 aromatic rings. The van der Waals surface area contributed by atoms with Gasteiger partial charge in [0.05, 0.1) is 26.6 Å². The minimum Gasteiger partial charge on any atom is -0.497 e. The summed E-state index contributed by atoms with van der Waals surface area (Å²) >= 11 is 0. The number of rotatable bonds is 15. The van der Waals surface area contributed by atoms with E-state index in [2.05, 4.69) is 21.1 Å². The van der Waals surface area contributed by atoms with Crippen molar-refractivity contribution in [3.63, 3.8) is 0 Å². The summed E-state index contributed by atoms with van der Waals surface area (Å²) in [5.74, 6) is 1.38. The SMILES string of the molecule is COc1ccc(/C=N\NC(=O)CCCCCCCCC(=O)N/N=C\c2ccc(OC)cc2)cc1. The molecule has 0 bridgehead atoms. The lowest BCUT2D eigenvalue weighted by molar-refractivity contribution is -0.122. The summed E-state index contributed by atoms with van der Waals surface area (Å²) in [6.45, 7) is 0. The molecule has 0 radical (unpaired) electrons. The summed E-state index contributed by atoms with van der Waals surface area (Å²) in [6.07, 6.45) is 9.81. The predicted molar refractivity (Wildman–Crippen MR) is 134 cm³/mol. The Balaban J connectivity index is 1.44. The highest BCUT2D eigenvalue weighted by Gasteiger charge is 2.01. The maximum Gasteiger partial charge on any atom is 0.240 e. The third-order valence-corrected chi connectivity index (χ3v) is 5.10. The molecule has 0 aliphatic rings. The number of nitrogens with one attached hydrogen (secondary N) is 2. The predicted octanol–water partition coefficient (Wildman–Crippen LogP) is 4.43. The number of carbonyl (C=O) groups excluding carboxylic acids is 2. The van der Waals surface area contributed by atoms with E-state index in [1.165, 1.54) is 0 Å². The zero-order valence-corrected chi connectivity index (χ0v) is 20.0. The number of hydrazone groups is 2. The maximum atomic E-state index is 11.8. The number of amides is 2. The molecule has 8 heteroatoms. The van der Waals surface area contributed by atoms with E-state index in [1.54, 1.807) is 26.6 Å². The lowest BCUT2D eigenvalue weighted by Crippen LogP contribution is -2.17. The molecule has 2 amide bonds. The molecule has 2 aromatic carbocycles. The number of carbonyl (C=O) groups is 2. The number of methoxy groups -OCH3 is 2. The van der Waals surface area contributed by atoms with Crippen LogP contribution in [-0.4, -0.2) is 38.5 Å². The second-order valence-electron chi connectivity index (χ2n) is 7.75. The van der Waals surface area contributed by atoms with Gasteiger partial charge < -0.3 is 9.47 Å². The highest BCUT2D eigenvalue weighted by Crippen LogP contribution is 2.11. The van der Waals surface area contributed by atoms with Crippen LogP contribution >= 0.6 is 0 Å². The van der Waals surface area contributed by atoms with Gasteiger partial charge in [-0.1, -0.05) is 25.7 Å². The molecule has 0 saturated carbocycles. The summed E-state index contributed by atoms with van der Waals surface area (Å²) < 4.78 is 10.2. The number of hydrogen-bond donors (Lipinski definition) is 2. The van der Waals surface area contributed by atoms with Crippen LogP contribution in [0.1, 0.15) is 62.5 Å². The molecule has 2 rings (SSSR count). The van der Waals surface area contributed by atoms with Crippen LogP contribution in [0, 0.1) is 0 Å². The quantitative estimate of drug-likeness (QED) is 0.230. The molecular formula is C26H34N4O4. The minimum absolute atomic E-state index is 0.0865. The van der Waals surface area contributed by atoms with Crippen LogP contribution in [0.3, 0.4) is 0 Å². The Bertz CT molecular complexity index is 847. The maximum absolute atomic E-state index is 11.8. The van der Waals surface area contributed by atoms with Gasteiger partial charge in [-0.3, -0.25) is 9.59 Å². The van der Waals surface area contributed by atoms with Crippen LogP contribution in [0.4, 0.5) is 0 Å². The monoisotopic (exact) mass is 466 g/mol. The van der Waals surface area contributed by atoms with Crippen LogP contribution in [-0.2, 0) is 9.59 Å². The topological polar surface area (TPSA) is 101 Å². The summed E-state index contributed by atoms with van der Waals surface area (Å²) in [6, 6.07) is 14.8. The van der Waals surface area contributed by atoms with Crippen molar-refractivity contribution < 1.29 is 19.1 Å². The standard InChI is InChI=1S/C26H34N4O4/c1-33-23-15-11-21(12-16-23)19-27-29-25(31)9-7-5-3-4-6-8-10-26(32)30-28-20-22-13-17-24(34-2)18-14-22/h11-20H,3-10H2,1-2H3,(H,29,31)(H,30,32)/b27-19-,28-20-. The van der Waals surface area contributed by atoms with E-state index in [1.807, 2.05) is 48.5 Å². The smallest absolute Gasteiger partial charge is 0.240 e. The zero-order valence-electron chi connectivity index (χ0n) is 20.0. The third-order valence-electron chi connectivity index (χ3n) is 5.10. The van der Waals surface area contributed by atoms with E-state index >= 15 is 0 Å².